The number of amides is 2. The maximum Gasteiger partial charge on any atom is 0.325 e. The van der Waals surface area contributed by atoms with Crippen LogP contribution in [0.15, 0.2) is 58.7 Å². The first kappa shape index (κ1) is 18.6. The molecule has 0 bridgehead atoms. The van der Waals surface area contributed by atoms with Crippen molar-refractivity contribution >= 4 is 28.2 Å². The fraction of sp³-hybridized carbons (Fsp3) is 0.100. The van der Waals surface area contributed by atoms with Gasteiger partial charge in [-0.15, -0.1) is 11.3 Å². The molecular weight excluding hydrogens is 388 g/mol. The highest BCUT2D eigenvalue weighted by Crippen LogP contribution is 2.24. The lowest BCUT2D eigenvalue weighted by Gasteiger charge is -2.09. The first-order valence-corrected chi connectivity index (χ1v) is 9.74. The predicted molar refractivity (Wildman–Crippen MR) is 114 cm³/mol. The largest absolute Gasteiger partial charge is 0.325 e. The second kappa shape index (κ2) is 7.72. The van der Waals surface area contributed by atoms with Gasteiger partial charge in [0.05, 0.1) is 10.7 Å². The average molecular weight is 406 g/mol. The second-order valence-corrected chi connectivity index (χ2v) is 7.30. The number of nitrogens with one attached hydrogen (secondary N) is 3. The van der Waals surface area contributed by atoms with E-state index in [1.165, 1.54) is 16.0 Å². The molecule has 3 N–H and O–H groups in total. The summed E-state index contributed by atoms with van der Waals surface area (Å²) in [5.41, 5.74) is 2.39. The van der Waals surface area contributed by atoms with E-state index in [1.807, 2.05) is 41.8 Å². The summed E-state index contributed by atoms with van der Waals surface area (Å²) in [7, 11) is 0. The summed E-state index contributed by atoms with van der Waals surface area (Å²) < 4.78 is 1.42. The summed E-state index contributed by atoms with van der Waals surface area (Å²) in [6.07, 6.45) is 0. The zero-order chi connectivity index (χ0) is 20.4. The molecule has 0 aliphatic rings. The molecule has 8 nitrogen and oxygen atoms in total. The summed E-state index contributed by atoms with van der Waals surface area (Å²) in [6, 6.07) is 14.5. The van der Waals surface area contributed by atoms with Crippen LogP contribution in [-0.4, -0.2) is 25.8 Å². The minimum absolute atomic E-state index is 0.228. The van der Waals surface area contributed by atoms with Gasteiger partial charge in [-0.2, -0.15) is 9.78 Å². The van der Waals surface area contributed by atoms with E-state index >= 15 is 0 Å². The van der Waals surface area contributed by atoms with E-state index in [9.17, 15) is 9.59 Å². The van der Waals surface area contributed by atoms with Crippen molar-refractivity contribution in [2.45, 2.75) is 13.8 Å². The number of hydrogen-bond donors (Lipinski definition) is 3. The number of urea groups is 1. The van der Waals surface area contributed by atoms with Crippen LogP contribution < -0.4 is 16.2 Å². The Labute approximate surface area is 170 Å². The van der Waals surface area contributed by atoms with Gasteiger partial charge in [0.1, 0.15) is 5.82 Å². The topological polar surface area (TPSA) is 105 Å². The Morgan fingerprint density at radius 2 is 1.90 bits per heavy atom. The molecule has 9 heteroatoms. The zero-order valence-corrected chi connectivity index (χ0v) is 16.6. The molecule has 0 aliphatic carbocycles. The quantitative estimate of drug-likeness (QED) is 0.477. The maximum absolute atomic E-state index is 12.4. The minimum atomic E-state index is -0.417. The second-order valence-electron chi connectivity index (χ2n) is 6.35. The van der Waals surface area contributed by atoms with Crippen molar-refractivity contribution in [3.8, 4) is 17.2 Å². The number of nitrogens with zero attached hydrogens (tertiary/aromatic N) is 3. The van der Waals surface area contributed by atoms with Gasteiger partial charge in [-0.1, -0.05) is 30.3 Å². The number of anilines is 2. The van der Waals surface area contributed by atoms with Crippen molar-refractivity contribution in [2.24, 2.45) is 0 Å². The molecule has 29 heavy (non-hydrogen) atoms. The van der Waals surface area contributed by atoms with Gasteiger partial charge in [-0.3, -0.25) is 20.4 Å². The summed E-state index contributed by atoms with van der Waals surface area (Å²) in [6.45, 7) is 3.46. The van der Waals surface area contributed by atoms with Gasteiger partial charge in [0, 0.05) is 22.9 Å². The summed E-state index contributed by atoms with van der Waals surface area (Å²) in [4.78, 5) is 31.8. The SMILES string of the molecule is Cc1nc(-n2nc(-c3ccccc3)cc2NC(=O)Nc2cccs2)[nH]c(=O)c1C. The fourth-order valence-electron chi connectivity index (χ4n) is 2.72. The number of rotatable bonds is 4. The first-order chi connectivity index (χ1) is 14.0. The Bertz CT molecular complexity index is 1210. The first-order valence-electron chi connectivity index (χ1n) is 8.86. The number of carbonyl (C=O) groups excluding carboxylic acids is 1. The van der Waals surface area contributed by atoms with E-state index in [-0.39, 0.29) is 11.5 Å². The number of thiophene rings is 1. The van der Waals surface area contributed by atoms with Crippen LogP contribution in [-0.2, 0) is 0 Å². The highest BCUT2D eigenvalue weighted by molar-refractivity contribution is 7.14. The number of hydrogen-bond acceptors (Lipinski definition) is 5. The number of aryl methyl sites for hydroxylation is 1. The van der Waals surface area contributed by atoms with Crippen molar-refractivity contribution in [2.75, 3.05) is 10.6 Å². The van der Waals surface area contributed by atoms with Gasteiger partial charge in [0.25, 0.3) is 5.56 Å². The van der Waals surface area contributed by atoms with E-state index in [1.54, 1.807) is 26.0 Å². The summed E-state index contributed by atoms with van der Waals surface area (Å²) in [5, 5.41) is 12.7. The van der Waals surface area contributed by atoms with Crippen LogP contribution in [0.4, 0.5) is 15.6 Å². The summed E-state index contributed by atoms with van der Waals surface area (Å²) >= 11 is 1.42. The van der Waals surface area contributed by atoms with Crippen LogP contribution in [0.2, 0.25) is 0 Å². The fourth-order valence-corrected chi connectivity index (χ4v) is 3.33. The molecular formula is C20H18N6O2S. The average Bonchev–Trinajstić information content (AvgIpc) is 3.36. The third-order valence-electron chi connectivity index (χ3n) is 4.36. The lowest BCUT2D eigenvalue weighted by Crippen LogP contribution is -2.23. The molecule has 0 spiro atoms. The Kier molecular flexibility index (Phi) is 4.96. The van der Waals surface area contributed by atoms with Crippen molar-refractivity contribution < 1.29 is 4.79 Å². The molecule has 3 heterocycles. The molecule has 4 aromatic rings. The number of aromatic amines is 1. The smallest absolute Gasteiger partial charge is 0.299 e. The molecule has 146 valence electrons. The van der Waals surface area contributed by atoms with Gasteiger partial charge >= 0.3 is 6.03 Å². The normalized spacial score (nSPS) is 10.7. The Balaban J connectivity index is 1.75. The van der Waals surface area contributed by atoms with Crippen LogP contribution in [0.5, 0.6) is 0 Å². The Morgan fingerprint density at radius 1 is 1.10 bits per heavy atom. The molecule has 3 aromatic heterocycles. The molecule has 0 atom stereocenters. The molecule has 0 unspecified atom stereocenters. The van der Waals surface area contributed by atoms with E-state index in [0.717, 1.165) is 10.6 Å². The maximum atomic E-state index is 12.4. The molecule has 1 aromatic carbocycles. The molecule has 0 radical (unpaired) electrons. The highest BCUT2D eigenvalue weighted by Gasteiger charge is 2.16. The standard InChI is InChI=1S/C20H18N6O2S/c1-12-13(2)21-19(24-18(12)27)26-16(22-20(28)23-17-9-6-10-29-17)11-15(25-26)14-7-4-3-5-8-14/h3-11H,1-2H3,(H,21,24,27)(H2,22,23,28). The number of aromatic nitrogens is 4. The number of H-pyrrole nitrogens is 1. The van der Waals surface area contributed by atoms with Crippen molar-refractivity contribution in [3.05, 3.63) is 75.5 Å². The molecule has 0 fully saturated rings. The van der Waals surface area contributed by atoms with Gasteiger partial charge in [0.2, 0.25) is 5.95 Å². The van der Waals surface area contributed by atoms with Crippen LogP contribution >= 0.6 is 11.3 Å². The molecule has 4 rings (SSSR count). The molecule has 0 saturated carbocycles. The van der Waals surface area contributed by atoms with Gasteiger partial charge in [0.15, 0.2) is 0 Å². The summed E-state index contributed by atoms with van der Waals surface area (Å²) in [5.74, 6) is 0.607. The van der Waals surface area contributed by atoms with E-state index in [0.29, 0.717) is 22.8 Å². The molecule has 0 aliphatic heterocycles. The minimum Gasteiger partial charge on any atom is -0.299 e. The lowest BCUT2D eigenvalue weighted by molar-refractivity contribution is 0.262. The monoisotopic (exact) mass is 406 g/mol. The third kappa shape index (κ3) is 3.94. The van der Waals surface area contributed by atoms with Gasteiger partial charge < -0.3 is 0 Å². The van der Waals surface area contributed by atoms with E-state index in [2.05, 4.69) is 25.7 Å². The predicted octanol–water partition coefficient (Wildman–Crippen LogP) is 3.94. The van der Waals surface area contributed by atoms with Crippen molar-refractivity contribution in [1.29, 1.82) is 0 Å². The van der Waals surface area contributed by atoms with E-state index in [4.69, 9.17) is 0 Å². The Morgan fingerprint density at radius 3 is 2.59 bits per heavy atom. The molecule has 0 saturated heterocycles. The lowest BCUT2D eigenvalue weighted by atomic mass is 10.2. The van der Waals surface area contributed by atoms with E-state index < -0.39 is 6.03 Å². The highest BCUT2D eigenvalue weighted by atomic mass is 32.1. The van der Waals surface area contributed by atoms with Gasteiger partial charge in [-0.05, 0) is 31.4 Å². The van der Waals surface area contributed by atoms with Gasteiger partial charge in [-0.25, -0.2) is 9.78 Å². The van der Waals surface area contributed by atoms with Crippen molar-refractivity contribution in [3.63, 3.8) is 0 Å². The zero-order valence-electron chi connectivity index (χ0n) is 15.8. The van der Waals surface area contributed by atoms with Crippen LogP contribution in [0.1, 0.15) is 11.3 Å². The van der Waals surface area contributed by atoms with Crippen LogP contribution in [0.3, 0.4) is 0 Å². The van der Waals surface area contributed by atoms with Crippen LogP contribution in [0.25, 0.3) is 17.2 Å². The molecule has 2 amide bonds. The number of benzene rings is 1. The number of carbonyl (C=O) groups is 1. The van der Waals surface area contributed by atoms with Crippen LogP contribution in [0, 0.1) is 13.8 Å². The Hall–Kier alpha value is -3.72. The third-order valence-corrected chi connectivity index (χ3v) is 5.15. The van der Waals surface area contributed by atoms with Crippen molar-refractivity contribution in [1.82, 2.24) is 19.7 Å².